The van der Waals surface area contributed by atoms with Gasteiger partial charge in [0.25, 0.3) is 0 Å². The van der Waals surface area contributed by atoms with Crippen LogP contribution in [0.3, 0.4) is 0 Å². The maximum atomic E-state index is 9.63. The highest BCUT2D eigenvalue weighted by molar-refractivity contribution is 5.76. The Balaban J connectivity index is 2.66. The summed E-state index contributed by atoms with van der Waals surface area (Å²) in [6, 6.07) is 7.05. The Kier molecular flexibility index (Phi) is 1.89. The molecule has 2 aromatic rings. The molecule has 4 heteroatoms. The molecule has 1 aromatic carbocycles. The average Bonchev–Trinajstić information content (AvgIpc) is 2.48. The Labute approximate surface area is 81.6 Å². The Hall–Kier alpha value is -1.97. The van der Waals surface area contributed by atoms with Crippen LogP contribution in [-0.4, -0.2) is 14.9 Å². The first-order valence-electron chi connectivity index (χ1n) is 4.26. The van der Waals surface area contributed by atoms with Crippen LogP contribution in [-0.2, 0) is 7.05 Å². The van der Waals surface area contributed by atoms with E-state index in [-0.39, 0.29) is 5.75 Å². The molecule has 72 valence electrons. The maximum Gasteiger partial charge on any atom is 0.125 e. The van der Waals surface area contributed by atoms with Gasteiger partial charge in [-0.1, -0.05) is 12.1 Å². The third kappa shape index (κ3) is 1.21. The van der Waals surface area contributed by atoms with Crippen LogP contribution in [0.5, 0.6) is 5.75 Å². The number of nitrogens with zero attached hydrogens (tertiary/aromatic N) is 2. The number of rotatable bonds is 1. The van der Waals surface area contributed by atoms with Crippen LogP contribution in [0.1, 0.15) is 0 Å². The van der Waals surface area contributed by atoms with E-state index in [1.807, 2.05) is 12.1 Å². The molecule has 0 bridgehead atoms. The number of hydrogen-bond acceptors (Lipinski definition) is 3. The second-order valence-corrected chi connectivity index (χ2v) is 3.09. The van der Waals surface area contributed by atoms with Gasteiger partial charge in [-0.3, -0.25) is 4.68 Å². The lowest BCUT2D eigenvalue weighted by molar-refractivity contribution is 0.476. The molecule has 0 saturated heterocycles. The summed E-state index contributed by atoms with van der Waals surface area (Å²) >= 11 is 0. The number of aromatic hydroxyl groups is 1. The Morgan fingerprint density at radius 3 is 2.64 bits per heavy atom. The number of hydrogen-bond donors (Lipinski definition) is 2. The van der Waals surface area contributed by atoms with Gasteiger partial charge in [-0.2, -0.15) is 5.10 Å². The zero-order chi connectivity index (χ0) is 10.1. The van der Waals surface area contributed by atoms with Gasteiger partial charge in [-0.05, 0) is 12.1 Å². The van der Waals surface area contributed by atoms with Crippen LogP contribution in [0.2, 0.25) is 0 Å². The minimum Gasteiger partial charge on any atom is -0.507 e. The van der Waals surface area contributed by atoms with Gasteiger partial charge in [0.1, 0.15) is 5.75 Å². The summed E-state index contributed by atoms with van der Waals surface area (Å²) in [5.74, 6) is 0.211. The van der Waals surface area contributed by atoms with Crippen molar-refractivity contribution in [2.45, 2.75) is 0 Å². The van der Waals surface area contributed by atoms with Gasteiger partial charge in [0.05, 0.1) is 17.6 Å². The van der Waals surface area contributed by atoms with E-state index in [0.717, 1.165) is 5.69 Å². The van der Waals surface area contributed by atoms with Gasteiger partial charge in [0, 0.05) is 12.6 Å². The molecular weight excluding hydrogens is 178 g/mol. The fourth-order valence-corrected chi connectivity index (χ4v) is 1.46. The number of para-hydroxylation sites is 1. The number of nitrogen functional groups attached to an aromatic ring is 1. The summed E-state index contributed by atoms with van der Waals surface area (Å²) < 4.78 is 1.64. The highest BCUT2D eigenvalue weighted by atomic mass is 16.3. The lowest BCUT2D eigenvalue weighted by Crippen LogP contribution is -1.95. The largest absolute Gasteiger partial charge is 0.507 e. The van der Waals surface area contributed by atoms with Gasteiger partial charge in [0.2, 0.25) is 0 Å². The molecule has 3 N–H and O–H groups in total. The quantitative estimate of drug-likeness (QED) is 0.712. The molecule has 2 rings (SSSR count). The van der Waals surface area contributed by atoms with Crippen LogP contribution in [0.4, 0.5) is 5.69 Å². The Bertz CT molecular complexity index is 443. The Morgan fingerprint density at radius 1 is 1.36 bits per heavy atom. The van der Waals surface area contributed by atoms with Gasteiger partial charge >= 0.3 is 0 Å². The summed E-state index contributed by atoms with van der Waals surface area (Å²) in [5.41, 5.74) is 7.75. The average molecular weight is 189 g/mol. The molecule has 1 heterocycles. The van der Waals surface area contributed by atoms with E-state index in [0.29, 0.717) is 11.3 Å². The van der Waals surface area contributed by atoms with Crippen molar-refractivity contribution in [3.05, 3.63) is 30.5 Å². The van der Waals surface area contributed by atoms with Crippen molar-refractivity contribution in [3.63, 3.8) is 0 Å². The van der Waals surface area contributed by atoms with Crippen molar-refractivity contribution in [1.29, 1.82) is 0 Å². The van der Waals surface area contributed by atoms with Crippen molar-refractivity contribution in [3.8, 4) is 17.0 Å². The van der Waals surface area contributed by atoms with Crippen molar-refractivity contribution in [1.82, 2.24) is 9.78 Å². The van der Waals surface area contributed by atoms with E-state index in [2.05, 4.69) is 5.10 Å². The van der Waals surface area contributed by atoms with E-state index in [1.54, 1.807) is 30.1 Å². The maximum absolute atomic E-state index is 9.63. The highest BCUT2D eigenvalue weighted by Gasteiger charge is 2.11. The molecule has 0 unspecified atom stereocenters. The summed E-state index contributed by atoms with van der Waals surface area (Å²) in [6.45, 7) is 0. The molecule has 0 aliphatic carbocycles. The molecule has 0 aliphatic heterocycles. The standard InChI is InChI=1S/C10H11N3O/c1-13-10(8(11)6-12-13)7-4-2-3-5-9(7)14/h2-6,14H,11H2,1H3. The van der Waals surface area contributed by atoms with Crippen LogP contribution in [0.25, 0.3) is 11.3 Å². The second kappa shape index (κ2) is 3.06. The first kappa shape index (κ1) is 8.62. The van der Waals surface area contributed by atoms with Crippen LogP contribution < -0.4 is 5.73 Å². The molecular formula is C10H11N3O. The van der Waals surface area contributed by atoms with E-state index in [4.69, 9.17) is 5.73 Å². The molecule has 4 nitrogen and oxygen atoms in total. The van der Waals surface area contributed by atoms with Crippen molar-refractivity contribution in [2.75, 3.05) is 5.73 Å². The molecule has 0 spiro atoms. The molecule has 0 atom stereocenters. The normalized spacial score (nSPS) is 10.4. The number of anilines is 1. The zero-order valence-corrected chi connectivity index (χ0v) is 7.81. The van der Waals surface area contributed by atoms with Gasteiger partial charge in [0.15, 0.2) is 0 Å². The van der Waals surface area contributed by atoms with Gasteiger partial charge < -0.3 is 10.8 Å². The number of aryl methyl sites for hydroxylation is 1. The van der Waals surface area contributed by atoms with Crippen LogP contribution >= 0.6 is 0 Å². The topological polar surface area (TPSA) is 64.1 Å². The number of phenolic OH excluding ortho intramolecular Hbond substituents is 1. The molecule has 0 saturated carbocycles. The highest BCUT2D eigenvalue weighted by Crippen LogP contribution is 2.31. The lowest BCUT2D eigenvalue weighted by atomic mass is 10.1. The van der Waals surface area contributed by atoms with Crippen LogP contribution in [0.15, 0.2) is 30.5 Å². The van der Waals surface area contributed by atoms with Crippen molar-refractivity contribution in [2.24, 2.45) is 7.05 Å². The van der Waals surface area contributed by atoms with E-state index >= 15 is 0 Å². The summed E-state index contributed by atoms with van der Waals surface area (Å²) in [6.07, 6.45) is 1.57. The predicted octanol–water partition coefficient (Wildman–Crippen LogP) is 1.37. The number of aromatic nitrogens is 2. The molecule has 0 aliphatic rings. The fraction of sp³-hybridized carbons (Fsp3) is 0.100. The minimum absolute atomic E-state index is 0.211. The predicted molar refractivity (Wildman–Crippen MR) is 54.7 cm³/mol. The molecule has 0 radical (unpaired) electrons. The Morgan fingerprint density at radius 2 is 2.07 bits per heavy atom. The zero-order valence-electron chi connectivity index (χ0n) is 7.81. The lowest BCUT2D eigenvalue weighted by Gasteiger charge is -2.05. The second-order valence-electron chi connectivity index (χ2n) is 3.09. The number of benzene rings is 1. The SMILES string of the molecule is Cn1ncc(N)c1-c1ccccc1O. The van der Waals surface area contributed by atoms with E-state index < -0.39 is 0 Å². The first-order chi connectivity index (χ1) is 6.70. The van der Waals surface area contributed by atoms with Crippen LogP contribution in [0, 0.1) is 0 Å². The summed E-state index contributed by atoms with van der Waals surface area (Å²) in [7, 11) is 1.79. The number of phenols is 1. The molecule has 14 heavy (non-hydrogen) atoms. The third-order valence-corrected chi connectivity index (χ3v) is 2.13. The first-order valence-corrected chi connectivity index (χ1v) is 4.26. The van der Waals surface area contributed by atoms with Gasteiger partial charge in [-0.15, -0.1) is 0 Å². The molecule has 0 fully saturated rings. The van der Waals surface area contributed by atoms with Crippen molar-refractivity contribution >= 4 is 5.69 Å². The smallest absolute Gasteiger partial charge is 0.125 e. The van der Waals surface area contributed by atoms with Crippen molar-refractivity contribution < 1.29 is 5.11 Å². The van der Waals surface area contributed by atoms with E-state index in [1.165, 1.54) is 0 Å². The van der Waals surface area contributed by atoms with E-state index in [9.17, 15) is 5.11 Å². The summed E-state index contributed by atoms with van der Waals surface area (Å²) in [4.78, 5) is 0. The fourth-order valence-electron chi connectivity index (χ4n) is 1.46. The third-order valence-electron chi connectivity index (χ3n) is 2.13. The number of nitrogens with two attached hydrogens (primary N) is 1. The minimum atomic E-state index is 0.211. The summed E-state index contributed by atoms with van der Waals surface area (Å²) in [5, 5.41) is 13.6. The molecule has 0 amide bonds. The van der Waals surface area contributed by atoms with Gasteiger partial charge in [-0.25, -0.2) is 0 Å². The molecule has 1 aromatic heterocycles. The monoisotopic (exact) mass is 189 g/mol.